The molecule has 31 heavy (non-hydrogen) atoms. The second kappa shape index (κ2) is 7.89. The van der Waals surface area contributed by atoms with Crippen LogP contribution >= 0.6 is 0 Å². The molecule has 2 aromatic heterocycles. The Balaban J connectivity index is 2.00. The van der Waals surface area contributed by atoms with Gasteiger partial charge in [0.2, 0.25) is 5.88 Å². The Morgan fingerprint density at radius 1 is 1.35 bits per heavy atom. The van der Waals surface area contributed by atoms with Crippen molar-refractivity contribution in [1.29, 1.82) is 0 Å². The molecule has 14 heteroatoms. The fourth-order valence-electron chi connectivity index (χ4n) is 3.21. The summed E-state index contributed by atoms with van der Waals surface area (Å²) in [6.07, 6.45) is -9.56. The van der Waals surface area contributed by atoms with Gasteiger partial charge in [-0.2, -0.15) is 13.2 Å². The number of nitrogens with zero attached hydrogens (tertiary/aromatic N) is 1. The molecule has 0 bridgehead atoms. The van der Waals surface area contributed by atoms with Crippen molar-refractivity contribution in [3.05, 3.63) is 35.0 Å². The highest BCUT2D eigenvalue weighted by Gasteiger charge is 2.45. The van der Waals surface area contributed by atoms with Crippen molar-refractivity contribution in [2.45, 2.75) is 42.4 Å². The van der Waals surface area contributed by atoms with E-state index >= 15 is 0 Å². The summed E-state index contributed by atoms with van der Waals surface area (Å²) < 4.78 is 160. The quantitative estimate of drug-likeness (QED) is 0.619. The highest BCUT2D eigenvalue weighted by Crippen LogP contribution is 2.39. The Morgan fingerprint density at radius 3 is 2.71 bits per heavy atom. The summed E-state index contributed by atoms with van der Waals surface area (Å²) in [6, 6.07) is 0.0273. The van der Waals surface area contributed by atoms with Crippen LogP contribution in [0.4, 0.5) is 32.0 Å². The van der Waals surface area contributed by atoms with Gasteiger partial charge in [-0.1, -0.05) is 0 Å². The summed E-state index contributed by atoms with van der Waals surface area (Å²) in [5.74, 6) is -3.44. The van der Waals surface area contributed by atoms with Crippen LogP contribution < -0.4 is 9.46 Å². The monoisotopic (exact) mass is 479 g/mol. The number of anilines is 1. The molecule has 1 atom stereocenters. The van der Waals surface area contributed by atoms with Crippen molar-refractivity contribution in [1.82, 2.24) is 9.97 Å². The van der Waals surface area contributed by atoms with Crippen LogP contribution in [0.2, 0.25) is 0 Å². The van der Waals surface area contributed by atoms with E-state index in [1.807, 2.05) is 0 Å². The van der Waals surface area contributed by atoms with E-state index in [0.717, 1.165) is 6.20 Å². The number of aromatic nitrogens is 2. The second-order valence-corrected chi connectivity index (χ2v) is 8.28. The van der Waals surface area contributed by atoms with Crippen molar-refractivity contribution in [2.75, 3.05) is 18.8 Å². The van der Waals surface area contributed by atoms with Crippen molar-refractivity contribution < 1.29 is 52.5 Å². The topological polar surface area (TPSA) is 93.3 Å². The van der Waals surface area contributed by atoms with E-state index in [0.29, 0.717) is 0 Å². The van der Waals surface area contributed by atoms with Gasteiger partial charge < -0.3 is 14.5 Å². The number of nitrogens with one attached hydrogen (secondary N) is 2. The molecule has 0 amide bonds. The summed E-state index contributed by atoms with van der Waals surface area (Å²) in [4.78, 5) is 4.62. The average Bonchev–Trinajstić information content (AvgIpc) is 3.10. The largest absolute Gasteiger partial charge is 0.479 e. The van der Waals surface area contributed by atoms with E-state index < -0.39 is 89.5 Å². The predicted octanol–water partition coefficient (Wildman–Crippen LogP) is 3.52. The first-order chi connectivity index (χ1) is 16.6. The summed E-state index contributed by atoms with van der Waals surface area (Å²) in [5.41, 5.74) is -5.89. The summed E-state index contributed by atoms with van der Waals surface area (Å²) in [5, 5.41) is 0. The Hall–Kier alpha value is -2.48. The Labute approximate surface area is 181 Å². The lowest BCUT2D eigenvalue weighted by atomic mass is 9.84. The van der Waals surface area contributed by atoms with Crippen molar-refractivity contribution in [3.8, 4) is 5.88 Å². The number of pyridine rings is 1. The van der Waals surface area contributed by atoms with Crippen LogP contribution in [0.1, 0.15) is 31.6 Å². The minimum atomic E-state index is -5.37. The Morgan fingerprint density at radius 2 is 2.10 bits per heavy atom. The van der Waals surface area contributed by atoms with Crippen molar-refractivity contribution in [2.24, 2.45) is 0 Å². The van der Waals surface area contributed by atoms with Gasteiger partial charge in [0, 0.05) is 31.4 Å². The number of rotatable bonds is 6. The summed E-state index contributed by atoms with van der Waals surface area (Å²) in [6.45, 7) is 0. The molecule has 1 aliphatic rings. The second-order valence-electron chi connectivity index (χ2n) is 6.63. The first kappa shape index (κ1) is 16.2. The third-order valence-electron chi connectivity index (χ3n) is 4.75. The highest BCUT2D eigenvalue weighted by molar-refractivity contribution is 7.92. The smallest absolute Gasteiger partial charge is 0.436 e. The third-order valence-corrected chi connectivity index (χ3v) is 6.19. The Bertz CT molecular complexity index is 1280. The number of methoxy groups -OCH3 is 2. The number of sulfonamides is 1. The molecule has 172 valence electrons. The van der Waals surface area contributed by atoms with E-state index in [1.165, 1.54) is 0 Å². The highest BCUT2D eigenvalue weighted by atomic mass is 32.2. The number of aromatic amines is 1. The van der Waals surface area contributed by atoms with Gasteiger partial charge in [0.1, 0.15) is 16.2 Å². The van der Waals surface area contributed by atoms with Crippen LogP contribution in [0.15, 0.2) is 17.2 Å². The van der Waals surface area contributed by atoms with E-state index in [-0.39, 0.29) is 17.3 Å². The van der Waals surface area contributed by atoms with Crippen molar-refractivity contribution in [3.63, 3.8) is 0 Å². The lowest BCUT2D eigenvalue weighted by Crippen LogP contribution is -2.44. The Kier molecular flexibility index (Phi) is 4.12. The first-order valence-electron chi connectivity index (χ1n) is 11.3. The minimum absolute atomic E-state index is 0.0273. The molecule has 0 unspecified atom stereocenters. The van der Waals surface area contributed by atoms with Gasteiger partial charge in [-0.3, -0.25) is 4.72 Å². The predicted molar refractivity (Wildman–Crippen MR) is 95.1 cm³/mol. The first-order valence-corrected chi connectivity index (χ1v) is 9.79. The van der Waals surface area contributed by atoms with Gasteiger partial charge in [0.25, 0.3) is 16.4 Å². The number of halogens is 6. The van der Waals surface area contributed by atoms with Crippen LogP contribution in [0.5, 0.6) is 5.88 Å². The molecule has 2 aromatic rings. The maximum absolute atomic E-state index is 14.1. The molecule has 0 spiro atoms. The molecule has 0 saturated carbocycles. The third kappa shape index (κ3) is 4.18. The van der Waals surface area contributed by atoms with Gasteiger partial charge in [0.15, 0.2) is 11.5 Å². The zero-order chi connectivity index (χ0) is 28.2. The number of hydrogen-bond acceptors (Lipinski definition) is 5. The van der Waals surface area contributed by atoms with E-state index in [1.54, 1.807) is 4.72 Å². The molecule has 0 radical (unpaired) electrons. The van der Waals surface area contributed by atoms with Crippen LogP contribution in [0.3, 0.4) is 0 Å². The van der Waals surface area contributed by atoms with Gasteiger partial charge in [-0.25, -0.2) is 26.6 Å². The summed E-state index contributed by atoms with van der Waals surface area (Å²) >= 11 is 0. The number of H-pyrrole nitrogens is 1. The molecule has 7 nitrogen and oxygen atoms in total. The van der Waals surface area contributed by atoms with Crippen LogP contribution in [0.25, 0.3) is 0 Å². The van der Waals surface area contributed by atoms with Gasteiger partial charge >= 0.3 is 6.18 Å². The van der Waals surface area contributed by atoms with Crippen LogP contribution in [-0.4, -0.2) is 44.5 Å². The molecule has 0 aliphatic heterocycles. The van der Waals surface area contributed by atoms with Crippen molar-refractivity contribution >= 4 is 15.7 Å². The molecular weight excluding hydrogens is 456 g/mol. The summed E-state index contributed by atoms with van der Waals surface area (Å²) in [7, 11) is -11.4. The number of ether oxygens (including phenoxy) is 2. The van der Waals surface area contributed by atoms with Crippen LogP contribution in [-0.2, 0) is 33.8 Å². The van der Waals surface area contributed by atoms with E-state index in [2.05, 4.69) is 19.4 Å². The molecular formula is C17H17F6N3O4S. The zero-order valence-electron chi connectivity index (χ0n) is 21.1. The van der Waals surface area contributed by atoms with Gasteiger partial charge in [0.05, 0.1) is 15.3 Å². The van der Waals surface area contributed by atoms with Gasteiger partial charge in [-0.15, -0.1) is 0 Å². The number of alkyl halides is 5. The number of fused-ring (bicyclic) bond motifs is 1. The van der Waals surface area contributed by atoms with Gasteiger partial charge in [-0.05, 0) is 18.4 Å². The molecule has 2 heterocycles. The molecule has 1 aliphatic carbocycles. The van der Waals surface area contributed by atoms with E-state index in [9.17, 15) is 34.8 Å². The van der Waals surface area contributed by atoms with E-state index in [4.69, 9.17) is 8.22 Å². The number of hydrogen-bond donors (Lipinski definition) is 2. The SMILES string of the molecule is [2H]C([2H])([2H])Oc1nc(C(F)(F)F)c(F)cc1NS(=O)(=O)c1c[nH]c2c1CC[C@@](OC([2H])([2H])[2H])(C(F)F)C2. The fraction of sp³-hybridized carbons (Fsp3) is 0.471. The average molecular weight is 479 g/mol. The molecule has 2 N–H and O–H groups in total. The molecule has 0 aromatic carbocycles. The fourth-order valence-corrected chi connectivity index (χ4v) is 4.52. The standard InChI is InChI=1S/C17H17F6N3O4S/c1-29-14-10(5-9(18)13(25-14)17(21,22)23)26-31(27,28)12-7-24-11-6-16(30-2,15(19)20)4-3-8(11)12/h5,7,15,24,26H,3-4,6H2,1-2H3/t16-/m0/s1/i1D3,2D3. The lowest BCUT2D eigenvalue weighted by molar-refractivity contribution is -0.143. The zero-order valence-corrected chi connectivity index (χ0v) is 15.9. The normalized spacial score (nSPS) is 23.1. The molecule has 3 rings (SSSR count). The maximum atomic E-state index is 14.1. The maximum Gasteiger partial charge on any atom is 0.436 e. The molecule has 0 saturated heterocycles. The minimum Gasteiger partial charge on any atom is -0.479 e. The lowest BCUT2D eigenvalue weighted by Gasteiger charge is -2.35. The van der Waals surface area contributed by atoms with Crippen LogP contribution in [0, 0.1) is 5.82 Å². The molecule has 0 fully saturated rings.